The number of morpholine rings is 1. The molecule has 0 aliphatic carbocycles. The molecule has 7 nitrogen and oxygen atoms in total. The number of carbonyl (C=O) groups is 2. The van der Waals surface area contributed by atoms with Crippen LogP contribution >= 0.6 is 11.6 Å². The number of amides is 2. The molecule has 3 aromatic rings. The topological polar surface area (TPSA) is 80.8 Å². The summed E-state index contributed by atoms with van der Waals surface area (Å²) < 4.78 is 11.2. The van der Waals surface area contributed by atoms with Crippen molar-refractivity contribution in [3.05, 3.63) is 94.3 Å². The smallest absolute Gasteiger partial charge is 0.244 e. The Morgan fingerprint density at radius 2 is 1.95 bits per heavy atom. The molecule has 216 valence electrons. The Labute approximate surface area is 247 Å². The van der Waals surface area contributed by atoms with Crippen LogP contribution in [0.25, 0.3) is 11.1 Å². The normalized spacial score (nSPS) is 17.3. The summed E-state index contributed by atoms with van der Waals surface area (Å²) in [6, 6.07) is 16.4. The Morgan fingerprint density at radius 1 is 1.17 bits per heavy atom. The largest absolute Gasteiger partial charge is 0.484 e. The predicted octanol–water partition coefficient (Wildman–Crippen LogP) is 5.70. The number of benzene rings is 2. The van der Waals surface area contributed by atoms with E-state index in [4.69, 9.17) is 21.1 Å². The van der Waals surface area contributed by atoms with Gasteiger partial charge in [-0.05, 0) is 68.2 Å². The number of carbonyl (C=O) groups excluding carboxylic acids is 2. The van der Waals surface area contributed by atoms with Crippen molar-refractivity contribution in [1.29, 1.82) is 0 Å². The van der Waals surface area contributed by atoms with E-state index in [0.717, 1.165) is 47.3 Å². The first-order valence-electron chi connectivity index (χ1n) is 13.9. The van der Waals surface area contributed by atoms with E-state index < -0.39 is 0 Å². The van der Waals surface area contributed by atoms with Gasteiger partial charge in [0.05, 0.1) is 23.8 Å². The second kappa shape index (κ2) is 13.8. The number of aromatic nitrogens is 1. The van der Waals surface area contributed by atoms with Crippen molar-refractivity contribution >= 4 is 23.9 Å². The molecule has 0 saturated carbocycles. The van der Waals surface area contributed by atoms with E-state index in [1.807, 2.05) is 32.0 Å². The molecule has 3 heterocycles. The molecule has 0 bridgehead atoms. The average Bonchev–Trinajstić information content (AvgIpc) is 3.39. The molecule has 1 fully saturated rings. The lowest BCUT2D eigenvalue weighted by Crippen LogP contribution is -2.52. The minimum Gasteiger partial charge on any atom is -0.484 e. The highest BCUT2D eigenvalue weighted by Crippen LogP contribution is 2.40. The van der Waals surface area contributed by atoms with Crippen molar-refractivity contribution in [2.45, 2.75) is 58.7 Å². The maximum absolute atomic E-state index is 12.2. The summed E-state index contributed by atoms with van der Waals surface area (Å²) >= 11 is 6.49. The molecule has 2 aromatic carbocycles. The maximum atomic E-state index is 12.2. The van der Waals surface area contributed by atoms with Gasteiger partial charge in [0.15, 0.2) is 0 Å². The summed E-state index contributed by atoms with van der Waals surface area (Å²) in [6.45, 7) is 10.6. The van der Waals surface area contributed by atoms with E-state index in [9.17, 15) is 9.59 Å². The highest BCUT2D eigenvalue weighted by atomic mass is 35.5. The molecular weight excluding hydrogens is 538 g/mol. The molecule has 2 amide bonds. The van der Waals surface area contributed by atoms with E-state index in [-0.39, 0.29) is 17.6 Å². The zero-order valence-electron chi connectivity index (χ0n) is 24.2. The molecule has 2 aliphatic heterocycles. The van der Waals surface area contributed by atoms with E-state index >= 15 is 0 Å². The van der Waals surface area contributed by atoms with Crippen molar-refractivity contribution in [2.24, 2.45) is 0 Å². The zero-order chi connectivity index (χ0) is 29.4. The third-order valence-electron chi connectivity index (χ3n) is 7.21. The number of halogens is 1. The average molecular weight is 576 g/mol. The van der Waals surface area contributed by atoms with Gasteiger partial charge in [0.2, 0.25) is 12.3 Å². The van der Waals surface area contributed by atoms with Gasteiger partial charge >= 0.3 is 0 Å². The molecule has 0 radical (unpaired) electrons. The fraction of sp³-hybridized carbons (Fsp3) is 0.364. The van der Waals surface area contributed by atoms with Crippen molar-refractivity contribution in [1.82, 2.24) is 15.2 Å². The number of pyridine rings is 1. The first kappa shape index (κ1) is 30.3. The van der Waals surface area contributed by atoms with Crippen LogP contribution in [0.5, 0.6) is 5.75 Å². The maximum Gasteiger partial charge on any atom is 0.244 e. The summed E-state index contributed by atoms with van der Waals surface area (Å²) in [4.78, 5) is 28.8. The summed E-state index contributed by atoms with van der Waals surface area (Å²) in [6.07, 6.45) is 7.37. The zero-order valence-corrected chi connectivity index (χ0v) is 24.9. The first-order valence-corrected chi connectivity index (χ1v) is 14.3. The number of hydrogen-bond acceptors (Lipinski definition) is 5. The minimum atomic E-state index is -0.211. The van der Waals surface area contributed by atoms with Gasteiger partial charge in [0.25, 0.3) is 0 Å². The fourth-order valence-electron chi connectivity index (χ4n) is 4.64. The Balaban J connectivity index is 0.000000328. The lowest BCUT2D eigenvalue weighted by atomic mass is 10.00. The van der Waals surface area contributed by atoms with Crippen LogP contribution < -0.4 is 10.1 Å². The molecular formula is C33H38ClN3O4. The highest BCUT2D eigenvalue weighted by Gasteiger charge is 2.29. The van der Waals surface area contributed by atoms with E-state index in [2.05, 4.69) is 54.5 Å². The molecule has 1 atom stereocenters. The van der Waals surface area contributed by atoms with Gasteiger partial charge in [-0.25, -0.2) is 0 Å². The van der Waals surface area contributed by atoms with Crippen LogP contribution in [-0.4, -0.2) is 53.6 Å². The number of rotatable bonds is 7. The van der Waals surface area contributed by atoms with Gasteiger partial charge in [-0.3, -0.25) is 14.6 Å². The predicted molar refractivity (Wildman–Crippen MR) is 162 cm³/mol. The fourth-order valence-corrected chi connectivity index (χ4v) is 4.92. The third kappa shape index (κ3) is 8.18. The van der Waals surface area contributed by atoms with Gasteiger partial charge in [0, 0.05) is 43.0 Å². The Morgan fingerprint density at radius 3 is 2.59 bits per heavy atom. The lowest BCUT2D eigenvalue weighted by Gasteiger charge is -2.39. The summed E-state index contributed by atoms with van der Waals surface area (Å²) in [5.41, 5.74) is 6.36. The van der Waals surface area contributed by atoms with E-state index in [1.54, 1.807) is 17.2 Å². The molecule has 1 N–H and O–H groups in total. The van der Waals surface area contributed by atoms with Crippen LogP contribution in [-0.2, 0) is 33.7 Å². The standard InChI is InChI=1S/C26H25ClN2O2.C7H13NO2/c1-3-22-9-6-18(15-28-22)16-29-25(30)11-10-23-13-21-12-20(14-24(27)26(21)31-23)19-7-4-17(2)5-8-19;1-7(2)5-10-4-3-8(7)6-9/h4-12,14-15,23H,3,13,16H2,1-2H3,(H,29,30);6H,3-5H2,1-2H3/b11-10+;. The monoisotopic (exact) mass is 575 g/mol. The van der Waals surface area contributed by atoms with Gasteiger partial charge in [-0.2, -0.15) is 0 Å². The number of nitrogens with zero attached hydrogens (tertiary/aromatic N) is 2. The minimum absolute atomic E-state index is 0.111. The van der Waals surface area contributed by atoms with Gasteiger partial charge in [-0.15, -0.1) is 0 Å². The summed E-state index contributed by atoms with van der Waals surface area (Å²) in [5, 5.41) is 3.47. The summed E-state index contributed by atoms with van der Waals surface area (Å²) in [7, 11) is 0. The van der Waals surface area contributed by atoms with Crippen LogP contribution in [0.4, 0.5) is 0 Å². The Bertz CT molecular complexity index is 1370. The molecule has 1 aromatic heterocycles. The number of ether oxygens (including phenoxy) is 2. The molecule has 41 heavy (non-hydrogen) atoms. The second-order valence-corrected chi connectivity index (χ2v) is 11.3. The molecule has 0 spiro atoms. The van der Waals surface area contributed by atoms with Gasteiger partial charge < -0.3 is 19.7 Å². The summed E-state index contributed by atoms with van der Waals surface area (Å²) in [5.74, 6) is 0.542. The number of hydrogen-bond donors (Lipinski definition) is 1. The highest BCUT2D eigenvalue weighted by molar-refractivity contribution is 6.32. The molecule has 5 rings (SSSR count). The third-order valence-corrected chi connectivity index (χ3v) is 7.49. The SMILES string of the molecule is CC1(C)COCCN1C=O.CCc1ccc(CNC(=O)/C=C/C2Cc3cc(-c4ccc(C)cc4)cc(Cl)c3O2)cn1. The molecule has 1 saturated heterocycles. The quantitative estimate of drug-likeness (QED) is 0.289. The Hall–Kier alpha value is -3.68. The van der Waals surface area contributed by atoms with Crippen LogP contribution in [0.15, 0.2) is 66.9 Å². The number of aryl methyl sites for hydroxylation is 2. The van der Waals surface area contributed by atoms with Crippen molar-refractivity contribution in [3.8, 4) is 16.9 Å². The van der Waals surface area contributed by atoms with Crippen molar-refractivity contribution < 1.29 is 19.1 Å². The van der Waals surface area contributed by atoms with Crippen LogP contribution in [0.3, 0.4) is 0 Å². The van der Waals surface area contributed by atoms with Crippen LogP contribution in [0.2, 0.25) is 5.02 Å². The molecule has 2 aliphatic rings. The second-order valence-electron chi connectivity index (χ2n) is 10.9. The van der Waals surface area contributed by atoms with E-state index in [1.165, 1.54) is 11.6 Å². The number of nitrogens with one attached hydrogen (secondary N) is 1. The first-order chi connectivity index (χ1) is 19.7. The van der Waals surface area contributed by atoms with Crippen molar-refractivity contribution in [3.63, 3.8) is 0 Å². The molecule has 8 heteroatoms. The lowest BCUT2D eigenvalue weighted by molar-refractivity contribution is -0.132. The van der Waals surface area contributed by atoms with Gasteiger partial charge in [0.1, 0.15) is 11.9 Å². The van der Waals surface area contributed by atoms with Crippen LogP contribution in [0, 0.1) is 6.92 Å². The Kier molecular flexibility index (Phi) is 10.2. The van der Waals surface area contributed by atoms with Gasteiger partial charge in [-0.1, -0.05) is 54.4 Å². The number of fused-ring (bicyclic) bond motifs is 1. The molecule has 1 unspecified atom stereocenters. The van der Waals surface area contributed by atoms with Crippen molar-refractivity contribution in [2.75, 3.05) is 19.8 Å². The van der Waals surface area contributed by atoms with Crippen LogP contribution in [0.1, 0.15) is 43.2 Å². The van der Waals surface area contributed by atoms with E-state index in [0.29, 0.717) is 37.0 Å².